The Balaban J connectivity index is 1.95. The van der Waals surface area contributed by atoms with Crippen LogP contribution < -0.4 is 5.32 Å². The molecule has 0 spiro atoms. The summed E-state index contributed by atoms with van der Waals surface area (Å²) in [5.41, 5.74) is -1.34. The Morgan fingerprint density at radius 3 is 1.79 bits per heavy atom. The molecule has 2 rings (SSSR count). The Morgan fingerprint density at radius 2 is 1.33 bits per heavy atom. The maximum Gasteiger partial charge on any atom is 0.320 e. The monoisotopic (exact) mass is 340 g/mol. The van der Waals surface area contributed by atoms with E-state index in [1.807, 2.05) is 4.90 Å². The molecule has 0 atom stereocenters. The molecule has 2 aliphatic heterocycles. The molecule has 24 heavy (non-hydrogen) atoms. The maximum absolute atomic E-state index is 12.7. The highest BCUT2D eigenvalue weighted by molar-refractivity contribution is 6.01. The molecule has 0 aliphatic carbocycles. The van der Waals surface area contributed by atoms with Crippen LogP contribution in [0.3, 0.4) is 0 Å². The van der Waals surface area contributed by atoms with Gasteiger partial charge in [-0.05, 0) is 12.8 Å². The number of carbonyl (C=O) groups excluding carboxylic acids is 2. The minimum atomic E-state index is -1.34. The van der Waals surface area contributed by atoms with Gasteiger partial charge in [0.2, 0.25) is 5.91 Å². The van der Waals surface area contributed by atoms with Gasteiger partial charge in [-0.2, -0.15) is 0 Å². The van der Waals surface area contributed by atoms with Crippen molar-refractivity contribution < 1.29 is 19.5 Å². The highest BCUT2D eigenvalue weighted by atomic mass is 16.4. The predicted octanol–water partition coefficient (Wildman–Crippen LogP) is 0.0468. The smallest absolute Gasteiger partial charge is 0.320 e. The molecule has 8 nitrogen and oxygen atoms in total. The van der Waals surface area contributed by atoms with E-state index in [1.54, 1.807) is 23.6 Å². The van der Waals surface area contributed by atoms with E-state index in [0.29, 0.717) is 39.3 Å². The highest BCUT2D eigenvalue weighted by Crippen LogP contribution is 2.30. The number of aliphatic carboxylic acids is 1. The van der Waals surface area contributed by atoms with E-state index < -0.39 is 11.4 Å². The number of rotatable bonds is 4. The Labute approximate surface area is 142 Å². The number of hydrogen-bond acceptors (Lipinski definition) is 4. The van der Waals surface area contributed by atoms with Gasteiger partial charge < -0.3 is 25.1 Å². The summed E-state index contributed by atoms with van der Waals surface area (Å²) < 4.78 is 0. The third kappa shape index (κ3) is 3.48. The number of carboxylic acid groups (broad SMARTS) is 1. The van der Waals surface area contributed by atoms with Crippen molar-refractivity contribution in [2.75, 3.05) is 52.4 Å². The zero-order valence-electron chi connectivity index (χ0n) is 14.6. The zero-order valence-corrected chi connectivity index (χ0v) is 14.6. The van der Waals surface area contributed by atoms with Gasteiger partial charge in [0, 0.05) is 52.4 Å². The fourth-order valence-electron chi connectivity index (χ4n) is 3.41. The summed E-state index contributed by atoms with van der Waals surface area (Å²) in [5.74, 6) is -1.38. The Bertz CT molecular complexity index is 478. The number of nitrogens with one attached hydrogen (secondary N) is 1. The molecule has 2 aliphatic rings. The first-order valence-corrected chi connectivity index (χ1v) is 8.73. The second kappa shape index (κ2) is 7.83. The van der Waals surface area contributed by atoms with Crippen molar-refractivity contribution >= 4 is 17.9 Å². The molecule has 0 aromatic carbocycles. The van der Waals surface area contributed by atoms with Crippen LogP contribution in [-0.2, 0) is 9.59 Å². The van der Waals surface area contributed by atoms with E-state index in [4.69, 9.17) is 0 Å². The molecule has 8 heteroatoms. The zero-order chi connectivity index (χ0) is 17.7. The fourth-order valence-corrected chi connectivity index (χ4v) is 3.41. The summed E-state index contributed by atoms with van der Waals surface area (Å²) in [6, 6.07) is 0.0130. The van der Waals surface area contributed by atoms with Gasteiger partial charge in [-0.3, -0.25) is 9.59 Å². The lowest BCUT2D eigenvalue weighted by atomic mass is 9.80. The van der Waals surface area contributed by atoms with E-state index >= 15 is 0 Å². The van der Waals surface area contributed by atoms with Crippen LogP contribution in [0, 0.1) is 5.41 Å². The van der Waals surface area contributed by atoms with Gasteiger partial charge in [-0.25, -0.2) is 4.79 Å². The van der Waals surface area contributed by atoms with Crippen LogP contribution in [0.1, 0.15) is 26.7 Å². The molecular weight excluding hydrogens is 312 g/mol. The minimum absolute atomic E-state index is 0.0130. The van der Waals surface area contributed by atoms with Gasteiger partial charge in [0.1, 0.15) is 5.41 Å². The molecule has 136 valence electrons. The van der Waals surface area contributed by atoms with Crippen LogP contribution in [0.2, 0.25) is 0 Å². The number of amides is 3. The standard InChI is InChI=1S/C16H28N4O4/c1-3-16(4-2,14(22)23)13(21)18-9-11-20(12-10-18)15(24)19-7-5-17-6-8-19/h17H,3-12H2,1-2H3,(H,22,23). The lowest BCUT2D eigenvalue weighted by molar-refractivity contribution is -0.162. The third-order valence-electron chi connectivity index (χ3n) is 5.25. The van der Waals surface area contributed by atoms with E-state index in [1.165, 1.54) is 0 Å². The summed E-state index contributed by atoms with van der Waals surface area (Å²) in [4.78, 5) is 42.0. The van der Waals surface area contributed by atoms with E-state index in [9.17, 15) is 19.5 Å². The number of piperazine rings is 2. The number of carboxylic acids is 1. The van der Waals surface area contributed by atoms with Crippen molar-refractivity contribution in [1.82, 2.24) is 20.0 Å². The molecule has 3 amide bonds. The van der Waals surface area contributed by atoms with Gasteiger partial charge >= 0.3 is 12.0 Å². The Morgan fingerprint density at radius 1 is 0.875 bits per heavy atom. The number of nitrogens with zero attached hydrogens (tertiary/aromatic N) is 3. The average Bonchev–Trinajstić information content (AvgIpc) is 2.63. The van der Waals surface area contributed by atoms with Gasteiger partial charge in [0.15, 0.2) is 0 Å². The van der Waals surface area contributed by atoms with Crippen molar-refractivity contribution in [3.05, 3.63) is 0 Å². The summed E-state index contributed by atoms with van der Waals surface area (Å²) in [5, 5.41) is 12.7. The van der Waals surface area contributed by atoms with Crippen molar-refractivity contribution in [1.29, 1.82) is 0 Å². The van der Waals surface area contributed by atoms with Crippen molar-refractivity contribution in [3.63, 3.8) is 0 Å². The van der Waals surface area contributed by atoms with Gasteiger partial charge in [-0.1, -0.05) is 13.8 Å². The molecular formula is C16H28N4O4. The van der Waals surface area contributed by atoms with Crippen LogP contribution in [0.25, 0.3) is 0 Å². The van der Waals surface area contributed by atoms with Crippen LogP contribution in [0.5, 0.6) is 0 Å². The molecule has 2 saturated heterocycles. The summed E-state index contributed by atoms with van der Waals surface area (Å²) >= 11 is 0. The van der Waals surface area contributed by atoms with E-state index in [-0.39, 0.29) is 24.8 Å². The SMILES string of the molecule is CCC(CC)(C(=O)O)C(=O)N1CCN(C(=O)N2CCNCC2)CC1. The van der Waals surface area contributed by atoms with E-state index in [2.05, 4.69) is 5.32 Å². The molecule has 0 aromatic rings. The lowest BCUT2D eigenvalue weighted by Crippen LogP contribution is -2.59. The molecule has 2 N–H and O–H groups in total. The predicted molar refractivity (Wildman–Crippen MR) is 88.6 cm³/mol. The highest BCUT2D eigenvalue weighted by Gasteiger charge is 2.46. The van der Waals surface area contributed by atoms with Crippen LogP contribution >= 0.6 is 0 Å². The van der Waals surface area contributed by atoms with Gasteiger partial charge in [0.05, 0.1) is 0 Å². The summed E-state index contributed by atoms with van der Waals surface area (Å²) in [6.45, 7) is 8.18. The molecule has 2 fully saturated rings. The van der Waals surface area contributed by atoms with E-state index in [0.717, 1.165) is 13.1 Å². The topological polar surface area (TPSA) is 93.2 Å². The normalized spacial score (nSPS) is 19.3. The van der Waals surface area contributed by atoms with Crippen LogP contribution in [-0.4, -0.2) is 90.1 Å². The second-order valence-corrected chi connectivity index (χ2v) is 6.39. The van der Waals surface area contributed by atoms with Crippen LogP contribution in [0.4, 0.5) is 4.79 Å². The quantitative estimate of drug-likeness (QED) is 0.705. The maximum atomic E-state index is 12.7. The van der Waals surface area contributed by atoms with Crippen molar-refractivity contribution in [2.45, 2.75) is 26.7 Å². The molecule has 0 unspecified atom stereocenters. The number of carbonyl (C=O) groups is 3. The first-order valence-electron chi connectivity index (χ1n) is 8.73. The largest absolute Gasteiger partial charge is 0.480 e. The molecule has 0 aromatic heterocycles. The molecule has 0 radical (unpaired) electrons. The number of hydrogen-bond donors (Lipinski definition) is 2. The fraction of sp³-hybridized carbons (Fsp3) is 0.812. The summed E-state index contributed by atoms with van der Waals surface area (Å²) in [7, 11) is 0. The number of urea groups is 1. The van der Waals surface area contributed by atoms with Crippen molar-refractivity contribution in [2.24, 2.45) is 5.41 Å². The summed E-state index contributed by atoms with van der Waals surface area (Å²) in [6.07, 6.45) is 0.551. The first-order chi connectivity index (χ1) is 11.5. The Hall–Kier alpha value is -1.83. The lowest BCUT2D eigenvalue weighted by Gasteiger charge is -2.41. The molecule has 0 saturated carbocycles. The van der Waals surface area contributed by atoms with Gasteiger partial charge in [-0.15, -0.1) is 0 Å². The van der Waals surface area contributed by atoms with Crippen LogP contribution in [0.15, 0.2) is 0 Å². The minimum Gasteiger partial charge on any atom is -0.480 e. The average molecular weight is 340 g/mol. The Kier molecular flexibility index (Phi) is 6.04. The first kappa shape index (κ1) is 18.5. The molecule has 2 heterocycles. The van der Waals surface area contributed by atoms with Gasteiger partial charge in [0.25, 0.3) is 0 Å². The second-order valence-electron chi connectivity index (χ2n) is 6.39. The van der Waals surface area contributed by atoms with Crippen molar-refractivity contribution in [3.8, 4) is 0 Å². The molecule has 0 bridgehead atoms. The third-order valence-corrected chi connectivity index (χ3v) is 5.25.